The quantitative estimate of drug-likeness (QED) is 0.563. The number of hydrogen-bond acceptors (Lipinski definition) is 5. The van der Waals surface area contributed by atoms with Crippen molar-refractivity contribution in [2.75, 3.05) is 32.3 Å². The van der Waals surface area contributed by atoms with Gasteiger partial charge in [-0.3, -0.25) is 0 Å². The molecular weight excluding hydrogens is 244 g/mol. The maximum Gasteiger partial charge on any atom is 0.208 e. The number of rotatable bonds is 6. The zero-order valence-electron chi connectivity index (χ0n) is 9.76. The Balaban J connectivity index is 2.47. The standard InChI is InChI=1S/C10H16N2O4S/c1-15-10-7-8(3-4-9(10)11)16-6-5-12-17(2,13)14/h3-4,7,12H,5-6,11H2,1-2H3. The van der Waals surface area contributed by atoms with E-state index in [1.54, 1.807) is 18.2 Å². The monoisotopic (exact) mass is 260 g/mol. The van der Waals surface area contributed by atoms with Crippen LogP contribution in [0.2, 0.25) is 0 Å². The molecule has 0 bridgehead atoms. The summed E-state index contributed by atoms with van der Waals surface area (Å²) in [6.07, 6.45) is 1.10. The molecule has 7 heteroatoms. The average molecular weight is 260 g/mol. The minimum absolute atomic E-state index is 0.214. The molecule has 0 aromatic heterocycles. The number of anilines is 1. The third-order valence-corrected chi connectivity index (χ3v) is 2.67. The largest absolute Gasteiger partial charge is 0.494 e. The number of nitrogens with two attached hydrogens (primary N) is 1. The first-order valence-electron chi connectivity index (χ1n) is 4.93. The van der Waals surface area contributed by atoms with Crippen LogP contribution in [0.5, 0.6) is 11.5 Å². The summed E-state index contributed by atoms with van der Waals surface area (Å²) in [5.41, 5.74) is 6.16. The molecule has 96 valence electrons. The van der Waals surface area contributed by atoms with E-state index < -0.39 is 10.0 Å². The van der Waals surface area contributed by atoms with E-state index in [0.29, 0.717) is 17.2 Å². The molecule has 3 N–H and O–H groups in total. The third kappa shape index (κ3) is 4.92. The third-order valence-electron chi connectivity index (χ3n) is 1.94. The van der Waals surface area contributed by atoms with Gasteiger partial charge in [0.1, 0.15) is 18.1 Å². The summed E-state index contributed by atoms with van der Waals surface area (Å²) in [6.45, 7) is 0.450. The van der Waals surface area contributed by atoms with Gasteiger partial charge in [0.2, 0.25) is 10.0 Å². The Bertz CT molecular complexity index is 473. The molecule has 17 heavy (non-hydrogen) atoms. The summed E-state index contributed by atoms with van der Waals surface area (Å²) < 4.78 is 34.3. The van der Waals surface area contributed by atoms with Gasteiger partial charge in [0.25, 0.3) is 0 Å². The van der Waals surface area contributed by atoms with Crippen molar-refractivity contribution in [3.05, 3.63) is 18.2 Å². The van der Waals surface area contributed by atoms with Crippen molar-refractivity contribution < 1.29 is 17.9 Å². The maximum absolute atomic E-state index is 10.8. The smallest absolute Gasteiger partial charge is 0.208 e. The van der Waals surface area contributed by atoms with Gasteiger partial charge in [-0.1, -0.05) is 0 Å². The Morgan fingerprint density at radius 1 is 1.41 bits per heavy atom. The van der Waals surface area contributed by atoms with Crippen LogP contribution in [0.1, 0.15) is 0 Å². The van der Waals surface area contributed by atoms with Crippen molar-refractivity contribution in [1.82, 2.24) is 4.72 Å². The summed E-state index contributed by atoms with van der Waals surface area (Å²) in [6, 6.07) is 5.01. The normalized spacial score (nSPS) is 11.2. The second-order valence-corrected chi connectivity index (χ2v) is 5.25. The van der Waals surface area contributed by atoms with E-state index in [0.717, 1.165) is 6.26 Å². The lowest BCUT2D eigenvalue weighted by Crippen LogP contribution is -2.26. The molecule has 0 aliphatic carbocycles. The van der Waals surface area contributed by atoms with E-state index in [-0.39, 0.29) is 13.2 Å². The maximum atomic E-state index is 10.8. The number of benzene rings is 1. The first-order valence-corrected chi connectivity index (χ1v) is 6.82. The molecule has 0 unspecified atom stereocenters. The van der Waals surface area contributed by atoms with Gasteiger partial charge in [-0.05, 0) is 12.1 Å². The van der Waals surface area contributed by atoms with Crippen LogP contribution in [0.15, 0.2) is 18.2 Å². The summed E-state index contributed by atoms with van der Waals surface area (Å²) >= 11 is 0. The Morgan fingerprint density at radius 3 is 2.71 bits per heavy atom. The highest BCUT2D eigenvalue weighted by Gasteiger charge is 2.03. The van der Waals surface area contributed by atoms with Crippen molar-refractivity contribution in [1.29, 1.82) is 0 Å². The molecule has 1 aromatic rings. The number of nitrogens with one attached hydrogen (secondary N) is 1. The second-order valence-electron chi connectivity index (χ2n) is 3.42. The lowest BCUT2D eigenvalue weighted by molar-refractivity contribution is 0.320. The van der Waals surface area contributed by atoms with E-state index in [1.807, 2.05) is 0 Å². The molecule has 0 amide bonds. The molecule has 0 saturated heterocycles. The van der Waals surface area contributed by atoms with Crippen LogP contribution in [0, 0.1) is 0 Å². The number of nitrogen functional groups attached to an aromatic ring is 1. The predicted molar refractivity (Wildman–Crippen MR) is 65.7 cm³/mol. The van der Waals surface area contributed by atoms with E-state index in [4.69, 9.17) is 15.2 Å². The van der Waals surface area contributed by atoms with Gasteiger partial charge in [0.15, 0.2) is 0 Å². The molecule has 0 spiro atoms. The molecular formula is C10H16N2O4S. The van der Waals surface area contributed by atoms with E-state index in [9.17, 15) is 8.42 Å². The molecule has 0 heterocycles. The van der Waals surface area contributed by atoms with Gasteiger partial charge < -0.3 is 15.2 Å². The molecule has 0 aliphatic rings. The van der Waals surface area contributed by atoms with Crippen LogP contribution < -0.4 is 19.9 Å². The molecule has 1 aromatic carbocycles. The van der Waals surface area contributed by atoms with Gasteiger partial charge in [-0.2, -0.15) is 0 Å². The second kappa shape index (κ2) is 5.74. The van der Waals surface area contributed by atoms with Crippen LogP contribution in [0.25, 0.3) is 0 Å². The van der Waals surface area contributed by atoms with Gasteiger partial charge in [-0.15, -0.1) is 0 Å². The molecule has 1 rings (SSSR count). The number of methoxy groups -OCH3 is 1. The van der Waals surface area contributed by atoms with Crippen LogP contribution in [0.4, 0.5) is 5.69 Å². The van der Waals surface area contributed by atoms with Crippen molar-refractivity contribution in [2.24, 2.45) is 0 Å². The molecule has 0 radical (unpaired) electrons. The summed E-state index contributed by atoms with van der Waals surface area (Å²) in [4.78, 5) is 0. The lowest BCUT2D eigenvalue weighted by Gasteiger charge is -2.09. The fraction of sp³-hybridized carbons (Fsp3) is 0.400. The number of ether oxygens (including phenoxy) is 2. The van der Waals surface area contributed by atoms with Crippen LogP contribution in [-0.2, 0) is 10.0 Å². The Hall–Kier alpha value is -1.47. The lowest BCUT2D eigenvalue weighted by atomic mass is 10.3. The zero-order chi connectivity index (χ0) is 12.9. The minimum Gasteiger partial charge on any atom is -0.494 e. The van der Waals surface area contributed by atoms with Crippen LogP contribution in [0.3, 0.4) is 0 Å². The SMILES string of the molecule is COc1cc(OCCNS(C)(=O)=O)ccc1N. The highest BCUT2D eigenvalue weighted by molar-refractivity contribution is 7.88. The fourth-order valence-electron chi connectivity index (χ4n) is 1.18. The van der Waals surface area contributed by atoms with Crippen LogP contribution in [-0.4, -0.2) is 34.9 Å². The topological polar surface area (TPSA) is 90.6 Å². The van der Waals surface area contributed by atoms with Crippen molar-refractivity contribution in [3.63, 3.8) is 0 Å². The Labute approximate surface area is 101 Å². The van der Waals surface area contributed by atoms with Crippen molar-refractivity contribution in [3.8, 4) is 11.5 Å². The molecule has 6 nitrogen and oxygen atoms in total. The van der Waals surface area contributed by atoms with Gasteiger partial charge in [0, 0.05) is 12.6 Å². The molecule has 0 saturated carbocycles. The van der Waals surface area contributed by atoms with E-state index in [2.05, 4.69) is 4.72 Å². The van der Waals surface area contributed by atoms with Gasteiger partial charge in [-0.25, -0.2) is 13.1 Å². The number of hydrogen-bond donors (Lipinski definition) is 2. The Kier molecular flexibility index (Phi) is 4.59. The average Bonchev–Trinajstić information content (AvgIpc) is 2.25. The highest BCUT2D eigenvalue weighted by atomic mass is 32.2. The fourth-order valence-corrected chi connectivity index (χ4v) is 1.63. The summed E-state index contributed by atoms with van der Waals surface area (Å²) in [7, 11) is -1.66. The first kappa shape index (κ1) is 13.6. The molecule has 0 fully saturated rings. The predicted octanol–water partition coefficient (Wildman–Crippen LogP) is 0.205. The van der Waals surface area contributed by atoms with Crippen molar-refractivity contribution in [2.45, 2.75) is 0 Å². The first-order chi connectivity index (χ1) is 7.92. The summed E-state index contributed by atoms with van der Waals surface area (Å²) in [5, 5.41) is 0. The molecule has 0 aliphatic heterocycles. The van der Waals surface area contributed by atoms with Crippen LogP contribution >= 0.6 is 0 Å². The number of sulfonamides is 1. The minimum atomic E-state index is -3.17. The van der Waals surface area contributed by atoms with E-state index in [1.165, 1.54) is 7.11 Å². The van der Waals surface area contributed by atoms with E-state index >= 15 is 0 Å². The van der Waals surface area contributed by atoms with Gasteiger partial charge >= 0.3 is 0 Å². The Morgan fingerprint density at radius 2 is 2.12 bits per heavy atom. The zero-order valence-corrected chi connectivity index (χ0v) is 10.6. The summed E-state index contributed by atoms with van der Waals surface area (Å²) in [5.74, 6) is 1.10. The highest BCUT2D eigenvalue weighted by Crippen LogP contribution is 2.26. The van der Waals surface area contributed by atoms with Gasteiger partial charge in [0.05, 0.1) is 19.1 Å². The molecule has 0 atom stereocenters. The van der Waals surface area contributed by atoms with Crippen molar-refractivity contribution >= 4 is 15.7 Å².